The molecule has 0 saturated carbocycles. The van der Waals surface area contributed by atoms with Crippen molar-refractivity contribution in [3.05, 3.63) is 69.7 Å². The molecule has 0 bridgehead atoms. The summed E-state index contributed by atoms with van der Waals surface area (Å²) in [4.78, 5) is 15.3. The number of ether oxygens (including phenoxy) is 1. The molecule has 0 saturated heterocycles. The smallest absolute Gasteiger partial charge is 0.255 e. The molecular weight excluding hydrogens is 592 g/mol. The highest BCUT2D eigenvalue weighted by Gasteiger charge is 2.14. The normalized spacial score (nSPS) is 12.7. The summed E-state index contributed by atoms with van der Waals surface area (Å²) in [6, 6.07) is 13.3. The van der Waals surface area contributed by atoms with Gasteiger partial charge in [0.25, 0.3) is 5.91 Å². The molecule has 1 heterocycles. The third kappa shape index (κ3) is 12.6. The zero-order chi connectivity index (χ0) is 27.0. The van der Waals surface area contributed by atoms with Crippen LogP contribution in [0.25, 0.3) is 0 Å². The number of carbonyl (C=O) groups excluding carboxylic acids is 1. The minimum absolute atomic E-state index is 0. The Kier molecular flexibility index (Phi) is 16.7. The van der Waals surface area contributed by atoms with Crippen LogP contribution >= 0.6 is 40.3 Å². The lowest BCUT2D eigenvalue weighted by atomic mass is 10.1. The quantitative estimate of drug-likeness (QED) is 0.165. The molecule has 0 aliphatic carbocycles. The minimum atomic E-state index is -0.165. The third-order valence-corrected chi connectivity index (χ3v) is 8.27. The van der Waals surface area contributed by atoms with Gasteiger partial charge in [-0.15, -0.1) is 28.7 Å². The van der Waals surface area contributed by atoms with E-state index in [0.717, 1.165) is 31.0 Å². The van der Waals surface area contributed by atoms with Gasteiger partial charge in [-0.05, 0) is 54.6 Å². The first-order valence-electron chi connectivity index (χ1n) is 14.4. The summed E-state index contributed by atoms with van der Waals surface area (Å²) in [5.74, 6) is 1.38. The standard InChI is InChI=1S/C32H45ClN2O2S.BrH/c1-3-4-5-6-7-8-9-10-11-12-13-14-20-37-31-22-28(18-19-30(31)33)32(36)34-29-17-15-16-27(21-29)23-35-25-38-24-26(35)2;/h15-19,21-22,24H,3-14,20,23,25H2,1-2H3,(H,34,36);1H. The van der Waals surface area contributed by atoms with Crippen LogP contribution in [-0.2, 0) is 6.54 Å². The topological polar surface area (TPSA) is 41.6 Å². The number of nitrogens with zero attached hydrogens (tertiary/aromatic N) is 1. The second kappa shape index (κ2) is 19.4. The number of anilines is 1. The van der Waals surface area contributed by atoms with E-state index in [1.807, 2.05) is 30.0 Å². The number of hydrogen-bond donors (Lipinski definition) is 1. The first-order valence-corrected chi connectivity index (χ1v) is 15.9. The van der Waals surface area contributed by atoms with E-state index in [1.165, 1.54) is 75.5 Å². The molecule has 7 heteroatoms. The SMILES string of the molecule is Br.CCCCCCCCCCCCCCOc1cc(C(=O)Nc2cccc(CN3CSC=C3C)c2)ccc1Cl. The van der Waals surface area contributed by atoms with Gasteiger partial charge in [0.2, 0.25) is 0 Å². The monoisotopic (exact) mass is 636 g/mol. The summed E-state index contributed by atoms with van der Waals surface area (Å²) in [6.07, 6.45) is 15.7. The van der Waals surface area contributed by atoms with Gasteiger partial charge in [-0.2, -0.15) is 0 Å². The van der Waals surface area contributed by atoms with Crippen LogP contribution in [-0.4, -0.2) is 23.3 Å². The largest absolute Gasteiger partial charge is 0.492 e. The fourth-order valence-corrected chi connectivity index (χ4v) is 5.76. The molecule has 0 unspecified atom stereocenters. The number of hydrogen-bond acceptors (Lipinski definition) is 4. The van der Waals surface area contributed by atoms with E-state index in [9.17, 15) is 4.79 Å². The Morgan fingerprint density at radius 1 is 0.949 bits per heavy atom. The van der Waals surface area contributed by atoms with E-state index in [2.05, 4.69) is 35.5 Å². The number of thioether (sulfide) groups is 1. The minimum Gasteiger partial charge on any atom is -0.492 e. The number of benzene rings is 2. The van der Waals surface area contributed by atoms with Gasteiger partial charge in [-0.1, -0.05) is 101 Å². The number of halogens is 2. The number of carbonyl (C=O) groups is 1. The number of unbranched alkanes of at least 4 members (excludes halogenated alkanes) is 11. The van der Waals surface area contributed by atoms with Crippen LogP contribution in [0.5, 0.6) is 5.75 Å². The Bertz CT molecular complexity index is 1030. The molecule has 0 fully saturated rings. The Labute approximate surface area is 256 Å². The molecule has 1 aliphatic rings. The number of rotatable bonds is 18. The molecular formula is C32H46BrClN2O2S. The lowest BCUT2D eigenvalue weighted by Gasteiger charge is -2.19. The zero-order valence-electron chi connectivity index (χ0n) is 23.7. The first kappa shape index (κ1) is 33.6. The summed E-state index contributed by atoms with van der Waals surface area (Å²) >= 11 is 8.17. The molecule has 39 heavy (non-hydrogen) atoms. The molecule has 0 radical (unpaired) electrons. The Hall–Kier alpha value is -1.63. The van der Waals surface area contributed by atoms with Crippen LogP contribution in [0, 0.1) is 0 Å². The maximum absolute atomic E-state index is 12.9. The molecule has 0 aromatic heterocycles. The summed E-state index contributed by atoms with van der Waals surface area (Å²) in [5.41, 5.74) is 3.77. The molecule has 0 spiro atoms. The van der Waals surface area contributed by atoms with Crippen molar-refractivity contribution in [1.82, 2.24) is 4.90 Å². The van der Waals surface area contributed by atoms with Gasteiger partial charge in [0.1, 0.15) is 5.75 Å². The summed E-state index contributed by atoms with van der Waals surface area (Å²) < 4.78 is 5.95. The summed E-state index contributed by atoms with van der Waals surface area (Å²) in [6.45, 7) is 5.85. The zero-order valence-corrected chi connectivity index (χ0v) is 27.0. The van der Waals surface area contributed by atoms with Gasteiger partial charge in [0.15, 0.2) is 0 Å². The van der Waals surface area contributed by atoms with Crippen molar-refractivity contribution in [3.8, 4) is 5.75 Å². The summed E-state index contributed by atoms with van der Waals surface area (Å²) in [5, 5.41) is 5.74. The second-order valence-corrected chi connectivity index (χ2v) is 11.5. The molecule has 1 amide bonds. The maximum atomic E-state index is 12.9. The van der Waals surface area contributed by atoms with Gasteiger partial charge >= 0.3 is 0 Å². The predicted molar refractivity (Wildman–Crippen MR) is 175 cm³/mol. The second-order valence-electron chi connectivity index (χ2n) is 10.3. The van der Waals surface area contributed by atoms with E-state index in [0.29, 0.717) is 22.9 Å². The fraction of sp³-hybridized carbons (Fsp3) is 0.531. The number of nitrogens with one attached hydrogen (secondary N) is 1. The summed E-state index contributed by atoms with van der Waals surface area (Å²) in [7, 11) is 0. The molecule has 1 N–H and O–H groups in total. The van der Waals surface area contributed by atoms with E-state index in [-0.39, 0.29) is 22.9 Å². The van der Waals surface area contributed by atoms with Gasteiger partial charge in [-0.25, -0.2) is 0 Å². The third-order valence-electron chi connectivity index (χ3n) is 6.99. The molecule has 1 aliphatic heterocycles. The molecule has 3 rings (SSSR count). The van der Waals surface area contributed by atoms with E-state index >= 15 is 0 Å². The highest BCUT2D eigenvalue weighted by Crippen LogP contribution is 2.27. The Balaban J connectivity index is 0.00000533. The van der Waals surface area contributed by atoms with Gasteiger partial charge in [0.05, 0.1) is 17.5 Å². The van der Waals surface area contributed by atoms with Crippen LogP contribution in [0.3, 0.4) is 0 Å². The maximum Gasteiger partial charge on any atom is 0.255 e. The van der Waals surface area contributed by atoms with Crippen molar-refractivity contribution in [2.24, 2.45) is 0 Å². The van der Waals surface area contributed by atoms with E-state index in [4.69, 9.17) is 16.3 Å². The first-order chi connectivity index (χ1) is 18.6. The van der Waals surface area contributed by atoms with Crippen molar-refractivity contribution >= 4 is 51.9 Å². The van der Waals surface area contributed by atoms with Crippen LogP contribution < -0.4 is 10.1 Å². The van der Waals surface area contributed by atoms with E-state index in [1.54, 1.807) is 18.2 Å². The van der Waals surface area contributed by atoms with Crippen LogP contribution in [0.4, 0.5) is 5.69 Å². The van der Waals surface area contributed by atoms with E-state index < -0.39 is 0 Å². The average Bonchev–Trinajstić information content (AvgIpc) is 3.31. The fourth-order valence-electron chi connectivity index (χ4n) is 4.65. The molecule has 216 valence electrons. The van der Waals surface area contributed by atoms with Crippen LogP contribution in [0.2, 0.25) is 5.02 Å². The van der Waals surface area contributed by atoms with Crippen LogP contribution in [0.15, 0.2) is 53.6 Å². The highest BCUT2D eigenvalue weighted by molar-refractivity contribution is 8.93. The van der Waals surface area contributed by atoms with Gasteiger partial charge < -0.3 is 15.0 Å². The van der Waals surface area contributed by atoms with Crippen LogP contribution in [0.1, 0.15) is 107 Å². The molecule has 2 aromatic rings. The average molecular weight is 638 g/mol. The molecule has 4 nitrogen and oxygen atoms in total. The van der Waals surface area contributed by atoms with Crippen molar-refractivity contribution in [2.75, 3.05) is 17.8 Å². The Morgan fingerprint density at radius 2 is 1.62 bits per heavy atom. The van der Waals surface area contributed by atoms with Crippen molar-refractivity contribution < 1.29 is 9.53 Å². The van der Waals surface area contributed by atoms with Crippen molar-refractivity contribution in [1.29, 1.82) is 0 Å². The highest BCUT2D eigenvalue weighted by atomic mass is 79.9. The van der Waals surface area contributed by atoms with Crippen molar-refractivity contribution in [3.63, 3.8) is 0 Å². The molecule has 0 atom stereocenters. The Morgan fingerprint density at radius 3 is 2.26 bits per heavy atom. The van der Waals surface area contributed by atoms with Gasteiger partial charge in [-0.3, -0.25) is 4.79 Å². The van der Waals surface area contributed by atoms with Gasteiger partial charge in [0, 0.05) is 23.5 Å². The number of amides is 1. The lowest BCUT2D eigenvalue weighted by Crippen LogP contribution is -2.17. The number of allylic oxidation sites excluding steroid dienone is 1. The lowest BCUT2D eigenvalue weighted by molar-refractivity contribution is 0.102. The molecule has 2 aromatic carbocycles. The predicted octanol–water partition coefficient (Wildman–Crippen LogP) is 10.6. The van der Waals surface area contributed by atoms with Crippen molar-refractivity contribution in [2.45, 2.75) is 97.4 Å².